The van der Waals surface area contributed by atoms with Crippen LogP contribution in [0.3, 0.4) is 0 Å². The molecule has 2 aliphatic heterocycles. The predicted octanol–water partition coefficient (Wildman–Crippen LogP) is 4.64. The third-order valence-electron chi connectivity index (χ3n) is 14.0. The highest BCUT2D eigenvalue weighted by Gasteiger charge is 2.54. The highest BCUT2D eigenvalue weighted by molar-refractivity contribution is 6.25. The van der Waals surface area contributed by atoms with Gasteiger partial charge in [0.1, 0.15) is 11.3 Å². The Labute approximate surface area is 357 Å². The average Bonchev–Trinajstić information content (AvgIpc) is 3.81. The second-order valence-corrected chi connectivity index (χ2v) is 18.4. The summed E-state index contributed by atoms with van der Waals surface area (Å²) in [6.07, 6.45) is 14.6. The van der Waals surface area contributed by atoms with Gasteiger partial charge >= 0.3 is 0 Å². The topological polar surface area (TPSA) is 241 Å². The van der Waals surface area contributed by atoms with Gasteiger partial charge in [-0.3, -0.25) is 15.0 Å². The fourth-order valence-corrected chi connectivity index (χ4v) is 10.1. The van der Waals surface area contributed by atoms with Crippen LogP contribution >= 0.6 is 0 Å². The lowest BCUT2D eigenvalue weighted by atomic mass is 9.52. The zero-order chi connectivity index (χ0) is 44.5. The molecule has 0 aromatic rings. The van der Waals surface area contributed by atoms with E-state index in [1.165, 1.54) is 0 Å². The molecule has 336 valence electrons. The maximum Gasteiger partial charge on any atom is 0.258 e. The molecule has 1 amide bonds. The fourth-order valence-electron chi connectivity index (χ4n) is 10.1. The maximum atomic E-state index is 12.8. The van der Waals surface area contributed by atoms with Crippen molar-refractivity contribution in [3.05, 3.63) is 70.6 Å². The number of fused-ring (bicyclic) bond motifs is 1. The van der Waals surface area contributed by atoms with Gasteiger partial charge in [-0.25, -0.2) is 0 Å². The highest BCUT2D eigenvalue weighted by Crippen LogP contribution is 2.58. The lowest BCUT2D eigenvalue weighted by Crippen LogP contribution is -2.48. The molecule has 0 aromatic heterocycles. The zero-order valence-corrected chi connectivity index (χ0v) is 36.6. The monoisotopic (exact) mass is 839 g/mol. The van der Waals surface area contributed by atoms with Crippen LogP contribution in [-0.4, -0.2) is 114 Å². The number of carbonyl (C=O) groups excluding carboxylic acids is 2. The summed E-state index contributed by atoms with van der Waals surface area (Å²) in [5.74, 6) is -1.83. The largest absolute Gasteiger partial charge is 0.511 e. The van der Waals surface area contributed by atoms with Gasteiger partial charge in [0.2, 0.25) is 0 Å². The lowest BCUT2D eigenvalue weighted by Gasteiger charge is -2.53. The van der Waals surface area contributed by atoms with Crippen LogP contribution in [0.5, 0.6) is 0 Å². The summed E-state index contributed by atoms with van der Waals surface area (Å²) < 4.78 is 0. The number of aliphatic hydroxyl groups is 7. The van der Waals surface area contributed by atoms with E-state index in [-0.39, 0.29) is 65.9 Å². The number of nitrogens with two attached hydrogens (primary N) is 1. The normalized spacial score (nSPS) is 31.1. The Hall–Kier alpha value is -3.59. The Bertz CT molecular complexity index is 1680. The van der Waals surface area contributed by atoms with E-state index in [1.54, 1.807) is 24.3 Å². The molecule has 13 atom stereocenters. The number of nitrogens with zero attached hydrogens (tertiary/aromatic N) is 1. The first-order valence-corrected chi connectivity index (χ1v) is 22.1. The van der Waals surface area contributed by atoms with Crippen molar-refractivity contribution in [3.8, 4) is 0 Å². The standard InChI is InChI=1S/C47H74N4O9/c1-27(39(55)10-7-11-40(56)28(2)13-18-36(54)25-33-9-8-22-51(33)46(48)49)12-16-34(52)17-14-29(3)43(58)30(4)15-20-37-31(5)23-32-24-35(53)19-21-38(32)47(37,6)44(59)42-41(57)26-50-45(42)60/h7,10,12-14,16,23,27,30,32-40,43,52-56,58-59H,8-9,11,15,17-22,24-26H2,1-6H3,(H3,48,49)(H,50,60)/b10-7+,16-12+,28-13+,29-14+,44-42-. The molecule has 0 aromatic carbocycles. The first-order chi connectivity index (χ1) is 28.3. The first kappa shape index (κ1) is 49.1. The quantitative estimate of drug-likeness (QED) is 0.0215. The number of aliphatic hydroxyl groups excluding tert-OH is 7. The van der Waals surface area contributed by atoms with Crippen molar-refractivity contribution >= 4 is 17.6 Å². The molecule has 13 unspecified atom stereocenters. The molecule has 60 heavy (non-hydrogen) atoms. The van der Waals surface area contributed by atoms with Crippen LogP contribution in [0.1, 0.15) is 112 Å². The molecule has 11 N–H and O–H groups in total. The summed E-state index contributed by atoms with van der Waals surface area (Å²) in [6, 6.07) is 0.0548. The number of nitrogens with one attached hydrogen (secondary N) is 2. The lowest BCUT2D eigenvalue weighted by molar-refractivity contribution is -0.118. The molecule has 1 saturated carbocycles. The Morgan fingerprint density at radius 3 is 2.38 bits per heavy atom. The van der Waals surface area contributed by atoms with Crippen LogP contribution < -0.4 is 11.1 Å². The summed E-state index contributed by atoms with van der Waals surface area (Å²) in [5, 5.41) is 86.4. The fraction of sp³-hybridized carbons (Fsp3) is 0.681. The summed E-state index contributed by atoms with van der Waals surface area (Å²) in [7, 11) is 0. The highest BCUT2D eigenvalue weighted by atomic mass is 16.3. The van der Waals surface area contributed by atoms with Crippen molar-refractivity contribution in [1.29, 1.82) is 5.41 Å². The van der Waals surface area contributed by atoms with Gasteiger partial charge in [0, 0.05) is 23.9 Å². The second kappa shape index (κ2) is 22.0. The van der Waals surface area contributed by atoms with Gasteiger partial charge in [-0.15, -0.1) is 0 Å². The van der Waals surface area contributed by atoms with Crippen molar-refractivity contribution in [2.45, 2.75) is 155 Å². The van der Waals surface area contributed by atoms with Gasteiger partial charge in [-0.05, 0) is 126 Å². The van der Waals surface area contributed by atoms with Gasteiger partial charge < -0.3 is 51.7 Å². The molecule has 13 nitrogen and oxygen atoms in total. The van der Waals surface area contributed by atoms with Gasteiger partial charge in [-0.2, -0.15) is 0 Å². The van der Waals surface area contributed by atoms with Crippen LogP contribution in [0.15, 0.2) is 70.6 Å². The van der Waals surface area contributed by atoms with Crippen LogP contribution in [-0.2, 0) is 9.59 Å². The number of Topliss-reactive ketones (excluding diaryl/α,β-unsaturated/α-hetero) is 1. The molecular weight excluding hydrogens is 765 g/mol. The summed E-state index contributed by atoms with van der Waals surface area (Å²) in [6.45, 7) is 12.0. The minimum Gasteiger partial charge on any atom is -0.511 e. The minimum absolute atomic E-state index is 0.00708. The number of guanidine groups is 1. The second-order valence-electron chi connectivity index (χ2n) is 18.4. The van der Waals surface area contributed by atoms with E-state index in [4.69, 9.17) is 11.1 Å². The predicted molar refractivity (Wildman–Crippen MR) is 233 cm³/mol. The van der Waals surface area contributed by atoms with E-state index in [0.29, 0.717) is 51.4 Å². The number of rotatable bonds is 19. The molecule has 3 fully saturated rings. The van der Waals surface area contributed by atoms with Crippen LogP contribution in [0.4, 0.5) is 0 Å². The van der Waals surface area contributed by atoms with Gasteiger partial charge in [0.15, 0.2) is 11.7 Å². The van der Waals surface area contributed by atoms with Gasteiger partial charge in [0.05, 0.1) is 43.2 Å². The third-order valence-corrected chi connectivity index (χ3v) is 14.0. The van der Waals surface area contributed by atoms with E-state index in [9.17, 15) is 45.3 Å². The van der Waals surface area contributed by atoms with E-state index in [2.05, 4.69) is 11.4 Å². The molecule has 0 radical (unpaired) electrons. The van der Waals surface area contributed by atoms with E-state index in [0.717, 1.165) is 36.1 Å². The molecule has 0 spiro atoms. The van der Waals surface area contributed by atoms with Crippen molar-refractivity contribution in [2.24, 2.45) is 40.7 Å². The maximum absolute atomic E-state index is 12.8. The number of allylic oxidation sites excluding steroid dienone is 3. The third kappa shape index (κ3) is 12.3. The van der Waals surface area contributed by atoms with E-state index in [1.807, 2.05) is 58.6 Å². The summed E-state index contributed by atoms with van der Waals surface area (Å²) in [5.41, 5.74) is 7.08. The number of ketones is 1. The summed E-state index contributed by atoms with van der Waals surface area (Å²) in [4.78, 5) is 27.3. The smallest absolute Gasteiger partial charge is 0.258 e. The molecular formula is C47H74N4O9. The Balaban J connectivity index is 1.26. The van der Waals surface area contributed by atoms with Gasteiger partial charge in [0.25, 0.3) is 5.91 Å². The summed E-state index contributed by atoms with van der Waals surface area (Å²) >= 11 is 0. The SMILES string of the molecule is CC1=CC2CC(O)CCC2C(C)(/C(O)=C2\C(=O)CNC2=O)C1CCC(C)C(O)/C(C)=C/CC(O)/C=C/C(C)C(O)/C=C/CC(O)/C(C)=C/CC(O)CC1CCCN1C(=N)N. The number of likely N-dealkylation sites (tertiary alicyclic amines) is 1. The van der Waals surface area contributed by atoms with Crippen LogP contribution in [0.25, 0.3) is 0 Å². The number of amides is 1. The number of carbonyl (C=O) groups is 2. The number of hydrogen-bond acceptors (Lipinski definition) is 10. The Morgan fingerprint density at radius 1 is 1.02 bits per heavy atom. The molecule has 13 heteroatoms. The Morgan fingerprint density at radius 2 is 1.72 bits per heavy atom. The first-order valence-electron chi connectivity index (χ1n) is 22.1. The molecule has 2 heterocycles. The van der Waals surface area contributed by atoms with Crippen molar-refractivity contribution in [1.82, 2.24) is 10.2 Å². The van der Waals surface area contributed by atoms with Crippen molar-refractivity contribution < 1.29 is 45.3 Å². The average molecular weight is 839 g/mol. The van der Waals surface area contributed by atoms with Crippen LogP contribution in [0.2, 0.25) is 0 Å². The zero-order valence-electron chi connectivity index (χ0n) is 36.6. The number of hydrogen-bond donors (Lipinski definition) is 10. The van der Waals surface area contributed by atoms with Crippen molar-refractivity contribution in [2.75, 3.05) is 13.1 Å². The minimum atomic E-state index is -0.900. The molecule has 4 rings (SSSR count). The van der Waals surface area contributed by atoms with E-state index < -0.39 is 53.7 Å². The van der Waals surface area contributed by atoms with Crippen LogP contribution in [0, 0.1) is 40.4 Å². The van der Waals surface area contributed by atoms with Gasteiger partial charge in [-0.1, -0.05) is 68.9 Å². The Kier molecular flexibility index (Phi) is 18.0. The molecule has 0 bridgehead atoms. The molecule has 2 aliphatic carbocycles. The molecule has 2 saturated heterocycles. The molecule has 4 aliphatic rings. The van der Waals surface area contributed by atoms with Crippen molar-refractivity contribution in [3.63, 3.8) is 0 Å². The van der Waals surface area contributed by atoms with E-state index >= 15 is 0 Å².